The maximum Gasteiger partial charge on any atom is 0.268 e. The zero-order valence-corrected chi connectivity index (χ0v) is 10.6. The lowest BCUT2D eigenvalue weighted by molar-refractivity contribution is 0.0925. The van der Waals surface area contributed by atoms with E-state index in [9.17, 15) is 9.59 Å². The highest BCUT2D eigenvalue weighted by atomic mass is 79.9. The minimum atomic E-state index is -0.400. The molecule has 0 radical (unpaired) electrons. The molecule has 3 rings (SSSR count). The standard InChI is InChI=1S/C12H6BrN3O2/c13-9-2-1-4-15-10(9)16-11(17)7-3-5-14-6-8(7)12(16)18/h1-6H. The smallest absolute Gasteiger partial charge is 0.268 e. The lowest BCUT2D eigenvalue weighted by atomic mass is 10.2. The summed E-state index contributed by atoms with van der Waals surface area (Å²) in [7, 11) is 0. The molecule has 6 heteroatoms. The molecule has 0 N–H and O–H groups in total. The van der Waals surface area contributed by atoms with Crippen molar-refractivity contribution in [2.45, 2.75) is 0 Å². The molecule has 1 aliphatic rings. The molecular formula is C12H6BrN3O2. The highest BCUT2D eigenvalue weighted by Gasteiger charge is 2.38. The van der Waals surface area contributed by atoms with E-state index in [4.69, 9.17) is 0 Å². The van der Waals surface area contributed by atoms with Gasteiger partial charge in [-0.1, -0.05) is 0 Å². The van der Waals surface area contributed by atoms with Gasteiger partial charge in [-0.05, 0) is 34.1 Å². The van der Waals surface area contributed by atoms with Crippen LogP contribution in [-0.2, 0) is 0 Å². The molecule has 88 valence electrons. The Balaban J connectivity index is 2.16. The second-order valence-corrected chi connectivity index (χ2v) is 4.53. The molecular weight excluding hydrogens is 298 g/mol. The molecule has 0 atom stereocenters. The summed E-state index contributed by atoms with van der Waals surface area (Å²) in [6, 6.07) is 4.98. The molecule has 2 amide bonds. The maximum atomic E-state index is 12.2. The number of halogens is 1. The van der Waals surface area contributed by atoms with Crippen LogP contribution in [0, 0.1) is 0 Å². The SMILES string of the molecule is O=C1c2ccncc2C(=O)N1c1ncccc1Br. The normalized spacial score (nSPS) is 13.9. The Hall–Kier alpha value is -2.08. The molecule has 0 fully saturated rings. The number of pyridine rings is 2. The minimum absolute atomic E-state index is 0.295. The third kappa shape index (κ3) is 1.46. The highest BCUT2D eigenvalue weighted by Crippen LogP contribution is 2.30. The van der Waals surface area contributed by atoms with Gasteiger partial charge in [-0.15, -0.1) is 0 Å². The maximum absolute atomic E-state index is 12.2. The lowest BCUT2D eigenvalue weighted by Crippen LogP contribution is -2.30. The molecule has 2 aromatic heterocycles. The Kier molecular flexibility index (Phi) is 2.45. The van der Waals surface area contributed by atoms with Gasteiger partial charge in [-0.3, -0.25) is 14.6 Å². The quantitative estimate of drug-likeness (QED) is 0.756. The number of hydrogen-bond acceptors (Lipinski definition) is 4. The van der Waals surface area contributed by atoms with Crippen molar-refractivity contribution in [3.05, 3.63) is 52.4 Å². The van der Waals surface area contributed by atoms with Crippen LogP contribution in [0.3, 0.4) is 0 Å². The molecule has 0 spiro atoms. The first kappa shape index (κ1) is 11.0. The Bertz CT molecular complexity index is 637. The fourth-order valence-corrected chi connectivity index (χ4v) is 2.25. The number of rotatable bonds is 1. The van der Waals surface area contributed by atoms with Crippen LogP contribution in [0.5, 0.6) is 0 Å². The van der Waals surface area contributed by atoms with Crippen molar-refractivity contribution in [2.24, 2.45) is 0 Å². The van der Waals surface area contributed by atoms with Gasteiger partial charge in [0.15, 0.2) is 5.82 Å². The van der Waals surface area contributed by atoms with Gasteiger partial charge in [0.1, 0.15) is 0 Å². The number of fused-ring (bicyclic) bond motifs is 1. The first-order valence-electron chi connectivity index (χ1n) is 5.13. The average Bonchev–Trinajstić information content (AvgIpc) is 2.64. The zero-order valence-electron chi connectivity index (χ0n) is 9.00. The van der Waals surface area contributed by atoms with E-state index in [1.54, 1.807) is 12.1 Å². The van der Waals surface area contributed by atoms with Crippen molar-refractivity contribution in [3.8, 4) is 0 Å². The van der Waals surface area contributed by atoms with Gasteiger partial charge in [0.2, 0.25) is 0 Å². The van der Waals surface area contributed by atoms with E-state index in [2.05, 4.69) is 25.9 Å². The van der Waals surface area contributed by atoms with E-state index in [0.717, 1.165) is 4.90 Å². The topological polar surface area (TPSA) is 63.2 Å². The number of carbonyl (C=O) groups excluding carboxylic acids is 2. The highest BCUT2D eigenvalue weighted by molar-refractivity contribution is 9.10. The monoisotopic (exact) mass is 303 g/mol. The van der Waals surface area contributed by atoms with Gasteiger partial charge < -0.3 is 0 Å². The van der Waals surface area contributed by atoms with E-state index in [0.29, 0.717) is 21.4 Å². The molecule has 1 aliphatic heterocycles. The van der Waals surface area contributed by atoms with Crippen molar-refractivity contribution in [1.29, 1.82) is 0 Å². The van der Waals surface area contributed by atoms with Crippen LogP contribution in [0.4, 0.5) is 5.82 Å². The Morgan fingerprint density at radius 3 is 2.56 bits per heavy atom. The van der Waals surface area contributed by atoms with Crippen molar-refractivity contribution in [3.63, 3.8) is 0 Å². The Morgan fingerprint density at radius 2 is 1.83 bits per heavy atom. The summed E-state index contributed by atoms with van der Waals surface area (Å²) < 4.78 is 0.590. The van der Waals surface area contributed by atoms with Crippen LogP contribution < -0.4 is 4.90 Å². The summed E-state index contributed by atoms with van der Waals surface area (Å²) in [6.45, 7) is 0. The molecule has 5 nitrogen and oxygen atoms in total. The lowest BCUT2D eigenvalue weighted by Gasteiger charge is -2.13. The first-order valence-corrected chi connectivity index (χ1v) is 5.93. The molecule has 0 aromatic carbocycles. The number of hydrogen-bond donors (Lipinski definition) is 0. The van der Waals surface area contributed by atoms with Gasteiger partial charge in [-0.25, -0.2) is 9.88 Å². The minimum Gasteiger partial charge on any atom is -0.268 e. The van der Waals surface area contributed by atoms with Gasteiger partial charge in [0.25, 0.3) is 11.8 Å². The van der Waals surface area contributed by atoms with Gasteiger partial charge >= 0.3 is 0 Å². The van der Waals surface area contributed by atoms with Gasteiger partial charge in [0.05, 0.1) is 15.6 Å². The second-order valence-electron chi connectivity index (χ2n) is 3.68. The van der Waals surface area contributed by atoms with Crippen molar-refractivity contribution >= 4 is 33.6 Å². The predicted molar refractivity (Wildman–Crippen MR) is 67.3 cm³/mol. The molecule has 2 aromatic rings. The second kappa shape index (κ2) is 3.99. The van der Waals surface area contributed by atoms with E-state index < -0.39 is 5.91 Å². The van der Waals surface area contributed by atoms with E-state index in [-0.39, 0.29) is 5.91 Å². The van der Waals surface area contributed by atoms with Crippen molar-refractivity contribution in [2.75, 3.05) is 4.90 Å². The van der Waals surface area contributed by atoms with Crippen molar-refractivity contribution in [1.82, 2.24) is 9.97 Å². The van der Waals surface area contributed by atoms with E-state index in [1.807, 2.05) is 0 Å². The third-order valence-electron chi connectivity index (χ3n) is 2.64. The summed E-state index contributed by atoms with van der Waals surface area (Å²) in [5.41, 5.74) is 0.660. The van der Waals surface area contributed by atoms with Crippen molar-refractivity contribution < 1.29 is 9.59 Å². The molecule has 0 aliphatic carbocycles. The van der Waals surface area contributed by atoms with E-state index in [1.165, 1.54) is 24.7 Å². The first-order chi connectivity index (χ1) is 8.70. The number of carbonyl (C=O) groups is 2. The number of anilines is 1. The predicted octanol–water partition coefficient (Wildman–Crippen LogP) is 2.04. The molecule has 3 heterocycles. The molecule has 0 bridgehead atoms. The van der Waals surface area contributed by atoms with Gasteiger partial charge in [-0.2, -0.15) is 0 Å². The van der Waals surface area contributed by atoms with Crippen LogP contribution in [-0.4, -0.2) is 21.8 Å². The zero-order chi connectivity index (χ0) is 12.7. The van der Waals surface area contributed by atoms with Gasteiger partial charge in [0, 0.05) is 18.6 Å². The number of amides is 2. The molecule has 18 heavy (non-hydrogen) atoms. The van der Waals surface area contributed by atoms with Crippen LogP contribution in [0.15, 0.2) is 41.3 Å². The fraction of sp³-hybridized carbons (Fsp3) is 0. The molecule has 0 saturated heterocycles. The average molecular weight is 304 g/mol. The van der Waals surface area contributed by atoms with Crippen LogP contribution in [0.25, 0.3) is 0 Å². The largest absolute Gasteiger partial charge is 0.268 e. The summed E-state index contributed by atoms with van der Waals surface area (Å²) in [6.07, 6.45) is 4.41. The van der Waals surface area contributed by atoms with Crippen LogP contribution >= 0.6 is 15.9 Å². The van der Waals surface area contributed by atoms with E-state index >= 15 is 0 Å². The Morgan fingerprint density at radius 1 is 1.06 bits per heavy atom. The number of nitrogens with zero attached hydrogens (tertiary/aromatic N) is 3. The molecule has 0 saturated carbocycles. The molecule has 0 unspecified atom stereocenters. The van der Waals surface area contributed by atoms with Crippen LogP contribution in [0.2, 0.25) is 0 Å². The summed E-state index contributed by atoms with van der Waals surface area (Å²) in [4.78, 5) is 33.3. The fourth-order valence-electron chi connectivity index (χ4n) is 1.82. The number of imide groups is 1. The summed E-state index contributed by atoms with van der Waals surface area (Å²) in [5, 5.41) is 0. The Labute approximate surface area is 111 Å². The van der Waals surface area contributed by atoms with Crippen LogP contribution in [0.1, 0.15) is 20.7 Å². The summed E-state index contributed by atoms with van der Waals surface area (Å²) >= 11 is 3.28. The third-order valence-corrected chi connectivity index (χ3v) is 3.26. The summed E-state index contributed by atoms with van der Waals surface area (Å²) in [5.74, 6) is -0.483. The number of aromatic nitrogens is 2.